The predicted molar refractivity (Wildman–Crippen MR) is 124 cm³/mol. The van der Waals surface area contributed by atoms with Crippen molar-refractivity contribution >= 4 is 18.0 Å². The Morgan fingerprint density at radius 1 is 1.06 bits per heavy atom. The van der Waals surface area contributed by atoms with Gasteiger partial charge in [-0.1, -0.05) is 54.6 Å². The molecule has 0 aliphatic heterocycles. The van der Waals surface area contributed by atoms with Crippen molar-refractivity contribution in [2.45, 2.75) is 43.7 Å². The van der Waals surface area contributed by atoms with E-state index in [9.17, 15) is 19.5 Å². The van der Waals surface area contributed by atoms with Crippen LogP contribution in [0.3, 0.4) is 0 Å². The molecule has 2 amide bonds. The van der Waals surface area contributed by atoms with Gasteiger partial charge in [0.25, 0.3) is 0 Å². The van der Waals surface area contributed by atoms with Crippen LogP contribution >= 0.6 is 0 Å². The summed E-state index contributed by atoms with van der Waals surface area (Å²) in [5, 5.41) is 14.6. The van der Waals surface area contributed by atoms with Gasteiger partial charge in [-0.2, -0.15) is 0 Å². The van der Waals surface area contributed by atoms with Crippen molar-refractivity contribution in [1.29, 1.82) is 0 Å². The third kappa shape index (κ3) is 4.92. The monoisotopic (exact) mass is 448 g/mol. The molecule has 0 heterocycles. The number of hydrogen-bond acceptors (Lipinski definition) is 4. The smallest absolute Gasteiger partial charge is 0.407 e. The van der Waals surface area contributed by atoms with E-state index < -0.39 is 18.1 Å². The average Bonchev–Trinajstić information content (AvgIpc) is 3.40. The molecule has 7 nitrogen and oxygen atoms in total. The van der Waals surface area contributed by atoms with Gasteiger partial charge in [-0.05, 0) is 47.9 Å². The topological polar surface area (TPSA) is 105 Å². The van der Waals surface area contributed by atoms with E-state index >= 15 is 0 Å². The van der Waals surface area contributed by atoms with Gasteiger partial charge in [0.1, 0.15) is 12.6 Å². The van der Waals surface area contributed by atoms with Gasteiger partial charge in [-0.15, -0.1) is 6.58 Å². The molecule has 1 fully saturated rings. The zero-order valence-electron chi connectivity index (χ0n) is 18.3. The lowest BCUT2D eigenvalue weighted by Gasteiger charge is -2.18. The molecule has 2 aliphatic carbocycles. The van der Waals surface area contributed by atoms with Crippen LogP contribution in [0.25, 0.3) is 11.1 Å². The number of hydrogen-bond donors (Lipinski definition) is 3. The molecule has 0 spiro atoms. The van der Waals surface area contributed by atoms with Crippen LogP contribution in [0.1, 0.15) is 42.7 Å². The molecule has 0 aromatic heterocycles. The van der Waals surface area contributed by atoms with Crippen molar-refractivity contribution in [2.24, 2.45) is 5.92 Å². The molecule has 0 saturated heterocycles. The quantitative estimate of drug-likeness (QED) is 0.532. The standard InChI is InChI=1S/C26H28N2O5/c1-2-7-23(25(30)31)28-24(29)16-12-13-17(14-16)27-26(32)33-15-22-20-10-5-3-8-18(20)19-9-4-6-11-21(19)22/h2-6,8-11,16-17,22-23H,1,7,12-15H2,(H,27,32)(H,28,29)(H,30,31). The second-order valence-electron chi connectivity index (χ2n) is 8.60. The van der Waals surface area contributed by atoms with E-state index in [-0.39, 0.29) is 36.8 Å². The number of carboxylic acid groups (broad SMARTS) is 1. The number of carboxylic acids is 1. The van der Waals surface area contributed by atoms with Crippen molar-refractivity contribution in [3.63, 3.8) is 0 Å². The predicted octanol–water partition coefficient (Wildman–Crippen LogP) is 3.84. The molecular formula is C26H28N2O5. The number of ether oxygens (including phenoxy) is 1. The summed E-state index contributed by atoms with van der Waals surface area (Å²) in [5.41, 5.74) is 4.64. The molecular weight excluding hydrogens is 420 g/mol. The number of carbonyl (C=O) groups is 3. The van der Waals surface area contributed by atoms with Gasteiger partial charge >= 0.3 is 12.1 Å². The first kappa shape index (κ1) is 22.6. The Hall–Kier alpha value is -3.61. The maximum absolute atomic E-state index is 12.5. The molecule has 33 heavy (non-hydrogen) atoms. The summed E-state index contributed by atoms with van der Waals surface area (Å²) in [5.74, 6) is -1.74. The minimum atomic E-state index is -1.09. The summed E-state index contributed by atoms with van der Waals surface area (Å²) < 4.78 is 5.59. The minimum Gasteiger partial charge on any atom is -0.480 e. The summed E-state index contributed by atoms with van der Waals surface area (Å²) in [6.07, 6.45) is 2.81. The van der Waals surface area contributed by atoms with E-state index in [4.69, 9.17) is 4.74 Å². The van der Waals surface area contributed by atoms with Crippen LogP contribution in [0.4, 0.5) is 4.79 Å². The molecule has 4 rings (SSSR count). The van der Waals surface area contributed by atoms with Crippen LogP contribution < -0.4 is 10.6 Å². The SMILES string of the molecule is C=CCC(NC(=O)C1CCC(NC(=O)OCC2c3ccccc3-c3ccccc32)C1)C(=O)O. The molecule has 3 N–H and O–H groups in total. The van der Waals surface area contributed by atoms with E-state index in [1.807, 2.05) is 24.3 Å². The van der Waals surface area contributed by atoms with E-state index in [0.717, 1.165) is 11.1 Å². The molecule has 3 unspecified atom stereocenters. The number of carbonyl (C=O) groups excluding carboxylic acids is 2. The van der Waals surface area contributed by atoms with Gasteiger partial charge in [0, 0.05) is 17.9 Å². The summed E-state index contributed by atoms with van der Waals surface area (Å²) in [7, 11) is 0. The maximum Gasteiger partial charge on any atom is 0.407 e. The highest BCUT2D eigenvalue weighted by Gasteiger charge is 2.34. The molecule has 0 radical (unpaired) electrons. The van der Waals surface area contributed by atoms with Crippen LogP contribution in [0, 0.1) is 5.92 Å². The van der Waals surface area contributed by atoms with Crippen LogP contribution in [-0.2, 0) is 14.3 Å². The number of fused-ring (bicyclic) bond motifs is 3. The van der Waals surface area contributed by atoms with Crippen molar-refractivity contribution in [1.82, 2.24) is 10.6 Å². The summed E-state index contributed by atoms with van der Waals surface area (Å²) in [6.45, 7) is 3.76. The second-order valence-corrected chi connectivity index (χ2v) is 8.60. The third-order valence-corrected chi connectivity index (χ3v) is 6.49. The fraction of sp³-hybridized carbons (Fsp3) is 0.346. The van der Waals surface area contributed by atoms with Crippen LogP contribution in [0.2, 0.25) is 0 Å². The number of benzene rings is 2. The van der Waals surface area contributed by atoms with Crippen LogP contribution in [-0.4, -0.2) is 41.8 Å². The molecule has 172 valence electrons. The summed E-state index contributed by atoms with van der Waals surface area (Å²) in [6, 6.07) is 15.1. The normalized spacial score (nSPS) is 19.8. The van der Waals surface area contributed by atoms with Crippen LogP contribution in [0.5, 0.6) is 0 Å². The molecule has 1 saturated carbocycles. The molecule has 3 atom stereocenters. The fourth-order valence-corrected chi connectivity index (χ4v) is 4.84. The van der Waals surface area contributed by atoms with Gasteiger partial charge in [0.2, 0.25) is 5.91 Å². The first-order valence-electron chi connectivity index (χ1n) is 11.2. The number of aliphatic carboxylic acids is 1. The molecule has 7 heteroatoms. The second kappa shape index (κ2) is 9.90. The number of amides is 2. The maximum atomic E-state index is 12.5. The van der Waals surface area contributed by atoms with Crippen molar-refractivity contribution in [3.05, 3.63) is 72.3 Å². The minimum absolute atomic E-state index is 0.0110. The highest BCUT2D eigenvalue weighted by molar-refractivity contribution is 5.85. The number of nitrogens with one attached hydrogen (secondary N) is 2. The molecule has 0 bridgehead atoms. The van der Waals surface area contributed by atoms with E-state index in [0.29, 0.717) is 19.3 Å². The van der Waals surface area contributed by atoms with Gasteiger partial charge in [-0.25, -0.2) is 9.59 Å². The highest BCUT2D eigenvalue weighted by Crippen LogP contribution is 2.44. The average molecular weight is 449 g/mol. The van der Waals surface area contributed by atoms with E-state index in [1.54, 1.807) is 0 Å². The lowest BCUT2D eigenvalue weighted by molar-refractivity contribution is -0.142. The lowest BCUT2D eigenvalue weighted by Crippen LogP contribution is -2.43. The Balaban J connectivity index is 1.29. The third-order valence-electron chi connectivity index (χ3n) is 6.49. The lowest BCUT2D eigenvalue weighted by atomic mass is 9.98. The van der Waals surface area contributed by atoms with Gasteiger partial charge in [0.15, 0.2) is 0 Å². The molecule has 2 aromatic carbocycles. The Morgan fingerprint density at radius 2 is 1.70 bits per heavy atom. The van der Waals surface area contributed by atoms with E-state index in [1.165, 1.54) is 17.2 Å². The largest absolute Gasteiger partial charge is 0.480 e. The Bertz CT molecular complexity index is 1020. The van der Waals surface area contributed by atoms with Gasteiger partial charge < -0.3 is 20.5 Å². The Kier molecular flexibility index (Phi) is 6.77. The zero-order chi connectivity index (χ0) is 23.4. The summed E-state index contributed by atoms with van der Waals surface area (Å²) >= 11 is 0. The van der Waals surface area contributed by atoms with Crippen molar-refractivity contribution < 1.29 is 24.2 Å². The molecule has 2 aliphatic rings. The van der Waals surface area contributed by atoms with Crippen LogP contribution in [0.15, 0.2) is 61.2 Å². The number of alkyl carbamates (subject to hydrolysis) is 1. The first-order valence-corrected chi connectivity index (χ1v) is 11.2. The number of rotatable bonds is 8. The summed E-state index contributed by atoms with van der Waals surface area (Å²) in [4.78, 5) is 36.2. The first-order chi connectivity index (χ1) is 16.0. The van der Waals surface area contributed by atoms with Crippen molar-refractivity contribution in [2.75, 3.05) is 6.61 Å². The fourth-order valence-electron chi connectivity index (χ4n) is 4.84. The highest BCUT2D eigenvalue weighted by atomic mass is 16.5. The van der Waals surface area contributed by atoms with E-state index in [2.05, 4.69) is 41.5 Å². The van der Waals surface area contributed by atoms with Gasteiger partial charge in [0.05, 0.1) is 0 Å². The molecule has 2 aromatic rings. The Labute approximate surface area is 192 Å². The zero-order valence-corrected chi connectivity index (χ0v) is 18.3. The Morgan fingerprint density at radius 3 is 2.30 bits per heavy atom. The van der Waals surface area contributed by atoms with Gasteiger partial charge in [-0.3, -0.25) is 4.79 Å². The van der Waals surface area contributed by atoms with Crippen molar-refractivity contribution in [3.8, 4) is 11.1 Å².